The van der Waals surface area contributed by atoms with Crippen molar-refractivity contribution in [3.05, 3.63) is 35.1 Å². The van der Waals surface area contributed by atoms with Crippen LogP contribution in [0.1, 0.15) is 24.1 Å². The summed E-state index contributed by atoms with van der Waals surface area (Å²) in [5.74, 6) is -0.241. The van der Waals surface area contributed by atoms with Crippen molar-refractivity contribution in [2.45, 2.75) is 19.9 Å². The van der Waals surface area contributed by atoms with Gasteiger partial charge in [0.05, 0.1) is 6.04 Å². The van der Waals surface area contributed by atoms with Gasteiger partial charge in [0.2, 0.25) is 0 Å². The van der Waals surface area contributed by atoms with Crippen LogP contribution in [0.2, 0.25) is 0 Å². The van der Waals surface area contributed by atoms with E-state index in [1.54, 1.807) is 26.0 Å². The van der Waals surface area contributed by atoms with Crippen LogP contribution in [0.3, 0.4) is 0 Å². The van der Waals surface area contributed by atoms with Gasteiger partial charge in [-0.25, -0.2) is 4.39 Å². The van der Waals surface area contributed by atoms with Gasteiger partial charge in [0.15, 0.2) is 0 Å². The second-order valence-electron chi connectivity index (χ2n) is 2.86. The highest BCUT2D eigenvalue weighted by Gasteiger charge is 2.05. The average molecular weight is 169 g/mol. The highest BCUT2D eigenvalue weighted by Crippen LogP contribution is 2.15. The van der Waals surface area contributed by atoms with E-state index >= 15 is 0 Å². The number of nitrogens with one attached hydrogen (secondary N) is 1. The zero-order valence-electron chi connectivity index (χ0n) is 7.13. The first-order chi connectivity index (χ1) is 5.65. The summed E-state index contributed by atoms with van der Waals surface area (Å²) in [7, 11) is 0. The molecule has 1 aromatic carbocycles. The molecule has 0 aliphatic heterocycles. The number of hydrogen-bond acceptors (Lipinski definition) is 2. The Morgan fingerprint density at radius 2 is 2.17 bits per heavy atom. The topological polar surface area (TPSA) is 32.3 Å². The van der Waals surface area contributed by atoms with Crippen LogP contribution in [0.5, 0.6) is 0 Å². The number of hydrogen-bond donors (Lipinski definition) is 2. The molecule has 12 heavy (non-hydrogen) atoms. The van der Waals surface area contributed by atoms with Gasteiger partial charge in [-0.2, -0.15) is 5.48 Å². The second kappa shape index (κ2) is 3.65. The third-order valence-electron chi connectivity index (χ3n) is 1.89. The summed E-state index contributed by atoms with van der Waals surface area (Å²) in [6.45, 7) is 3.46. The molecule has 66 valence electrons. The minimum Gasteiger partial charge on any atom is -0.316 e. The van der Waals surface area contributed by atoms with Gasteiger partial charge in [-0.15, -0.1) is 0 Å². The van der Waals surface area contributed by atoms with Crippen LogP contribution in [-0.2, 0) is 0 Å². The number of benzene rings is 1. The summed E-state index contributed by atoms with van der Waals surface area (Å²) >= 11 is 0. The van der Waals surface area contributed by atoms with E-state index in [2.05, 4.69) is 5.48 Å². The standard InChI is InChI=1S/C9H12FNO/c1-6-3-4-8(5-9(6)10)7(2)11-12/h3-5,7,11-12H,1-2H3/t7-/m1/s1. The second-order valence-corrected chi connectivity index (χ2v) is 2.86. The predicted octanol–water partition coefficient (Wildman–Crippen LogP) is 2.17. The highest BCUT2D eigenvalue weighted by atomic mass is 19.1. The molecule has 0 unspecified atom stereocenters. The molecular formula is C9H12FNO. The molecular weight excluding hydrogens is 157 g/mol. The molecule has 0 bridgehead atoms. The van der Waals surface area contributed by atoms with Crippen molar-refractivity contribution in [3.63, 3.8) is 0 Å². The van der Waals surface area contributed by atoms with Crippen molar-refractivity contribution in [2.24, 2.45) is 0 Å². The zero-order valence-corrected chi connectivity index (χ0v) is 7.13. The lowest BCUT2D eigenvalue weighted by Gasteiger charge is -2.09. The first-order valence-corrected chi connectivity index (χ1v) is 3.81. The van der Waals surface area contributed by atoms with E-state index in [1.807, 2.05) is 0 Å². The maximum absolute atomic E-state index is 13.0. The molecule has 0 heterocycles. The van der Waals surface area contributed by atoms with Gasteiger partial charge in [-0.3, -0.25) is 0 Å². The molecule has 0 aromatic heterocycles. The Bertz CT molecular complexity index is 275. The zero-order chi connectivity index (χ0) is 9.14. The summed E-state index contributed by atoms with van der Waals surface area (Å²) in [5, 5.41) is 8.58. The third-order valence-corrected chi connectivity index (χ3v) is 1.89. The van der Waals surface area contributed by atoms with E-state index in [0.717, 1.165) is 5.56 Å². The maximum atomic E-state index is 13.0. The van der Waals surface area contributed by atoms with E-state index in [9.17, 15) is 4.39 Å². The molecule has 1 atom stereocenters. The van der Waals surface area contributed by atoms with Crippen LogP contribution in [0.15, 0.2) is 18.2 Å². The fourth-order valence-corrected chi connectivity index (χ4v) is 0.953. The van der Waals surface area contributed by atoms with E-state index in [1.165, 1.54) is 6.07 Å². The van der Waals surface area contributed by atoms with E-state index < -0.39 is 0 Å². The molecule has 2 N–H and O–H groups in total. The van der Waals surface area contributed by atoms with Crippen LogP contribution < -0.4 is 5.48 Å². The molecule has 1 rings (SSSR count). The molecule has 0 spiro atoms. The Morgan fingerprint density at radius 1 is 1.50 bits per heavy atom. The van der Waals surface area contributed by atoms with Crippen LogP contribution in [-0.4, -0.2) is 5.21 Å². The fourth-order valence-electron chi connectivity index (χ4n) is 0.953. The van der Waals surface area contributed by atoms with Crippen molar-refractivity contribution >= 4 is 0 Å². The molecule has 0 radical (unpaired) electrons. The Labute approximate surface area is 71.0 Å². The Kier molecular flexibility index (Phi) is 2.78. The lowest BCUT2D eigenvalue weighted by atomic mass is 10.1. The normalized spacial score (nSPS) is 13.0. The van der Waals surface area contributed by atoms with Crippen molar-refractivity contribution in [3.8, 4) is 0 Å². The quantitative estimate of drug-likeness (QED) is 0.665. The number of hydroxylamine groups is 1. The summed E-state index contributed by atoms with van der Waals surface area (Å²) in [5.41, 5.74) is 3.41. The summed E-state index contributed by atoms with van der Waals surface area (Å²) in [6.07, 6.45) is 0. The number of aryl methyl sites for hydroxylation is 1. The summed E-state index contributed by atoms with van der Waals surface area (Å²) < 4.78 is 13.0. The minimum atomic E-state index is -0.241. The fraction of sp³-hybridized carbons (Fsp3) is 0.333. The average Bonchev–Trinajstić information content (AvgIpc) is 2.08. The van der Waals surface area contributed by atoms with Crippen molar-refractivity contribution in [1.82, 2.24) is 5.48 Å². The van der Waals surface area contributed by atoms with Crippen LogP contribution in [0, 0.1) is 12.7 Å². The van der Waals surface area contributed by atoms with E-state index in [-0.39, 0.29) is 11.9 Å². The largest absolute Gasteiger partial charge is 0.316 e. The number of halogens is 1. The Balaban J connectivity index is 2.96. The molecule has 0 fully saturated rings. The van der Waals surface area contributed by atoms with Gasteiger partial charge in [0.1, 0.15) is 5.82 Å². The van der Waals surface area contributed by atoms with Gasteiger partial charge in [-0.05, 0) is 31.0 Å². The third kappa shape index (κ3) is 1.81. The molecule has 0 aliphatic carbocycles. The van der Waals surface area contributed by atoms with Gasteiger partial charge in [0, 0.05) is 0 Å². The lowest BCUT2D eigenvalue weighted by molar-refractivity contribution is 0.133. The molecule has 0 saturated carbocycles. The van der Waals surface area contributed by atoms with Gasteiger partial charge in [0.25, 0.3) is 0 Å². The molecule has 2 nitrogen and oxygen atoms in total. The van der Waals surface area contributed by atoms with E-state index in [0.29, 0.717) is 5.56 Å². The SMILES string of the molecule is Cc1ccc([C@@H](C)NO)cc1F. The molecule has 0 amide bonds. The molecule has 0 aliphatic rings. The van der Waals surface area contributed by atoms with Gasteiger partial charge >= 0.3 is 0 Å². The van der Waals surface area contributed by atoms with E-state index in [4.69, 9.17) is 5.21 Å². The first-order valence-electron chi connectivity index (χ1n) is 3.81. The lowest BCUT2D eigenvalue weighted by Crippen LogP contribution is -2.13. The molecule has 1 aromatic rings. The first kappa shape index (κ1) is 9.16. The smallest absolute Gasteiger partial charge is 0.126 e. The molecule has 3 heteroatoms. The number of rotatable bonds is 2. The van der Waals surface area contributed by atoms with Crippen LogP contribution in [0.25, 0.3) is 0 Å². The maximum Gasteiger partial charge on any atom is 0.126 e. The van der Waals surface area contributed by atoms with Crippen molar-refractivity contribution in [1.29, 1.82) is 0 Å². The van der Waals surface area contributed by atoms with Crippen LogP contribution >= 0.6 is 0 Å². The van der Waals surface area contributed by atoms with Crippen molar-refractivity contribution < 1.29 is 9.60 Å². The van der Waals surface area contributed by atoms with Gasteiger partial charge in [-0.1, -0.05) is 12.1 Å². The minimum absolute atomic E-state index is 0.236. The Hall–Kier alpha value is -0.930. The Morgan fingerprint density at radius 3 is 2.67 bits per heavy atom. The van der Waals surface area contributed by atoms with Crippen molar-refractivity contribution in [2.75, 3.05) is 0 Å². The van der Waals surface area contributed by atoms with Crippen LogP contribution in [0.4, 0.5) is 4.39 Å². The predicted molar refractivity (Wildman–Crippen MR) is 44.5 cm³/mol. The van der Waals surface area contributed by atoms with Gasteiger partial charge < -0.3 is 5.21 Å². The molecule has 0 saturated heterocycles. The monoisotopic (exact) mass is 169 g/mol. The summed E-state index contributed by atoms with van der Waals surface area (Å²) in [6, 6.07) is 4.66. The highest BCUT2D eigenvalue weighted by molar-refractivity contribution is 5.25. The summed E-state index contributed by atoms with van der Waals surface area (Å²) in [4.78, 5) is 0.